The van der Waals surface area contributed by atoms with Gasteiger partial charge < -0.3 is 10.2 Å². The molecule has 16 heavy (non-hydrogen) atoms. The van der Waals surface area contributed by atoms with E-state index in [9.17, 15) is 0 Å². The lowest BCUT2D eigenvalue weighted by atomic mass is 10.2. The lowest BCUT2D eigenvalue weighted by molar-refractivity contribution is 0.597. The van der Waals surface area contributed by atoms with Crippen molar-refractivity contribution in [1.29, 1.82) is 10.8 Å². The van der Waals surface area contributed by atoms with Gasteiger partial charge in [0.1, 0.15) is 0 Å². The number of thiophene rings is 1. The highest BCUT2D eigenvalue weighted by Crippen LogP contribution is 2.12. The zero-order valence-electron chi connectivity index (χ0n) is 9.72. The predicted octanol–water partition coefficient (Wildman–Crippen LogP) is 1.17. The minimum Gasteiger partial charge on any atom is -0.352 e. The first-order valence-corrected chi connectivity index (χ1v) is 5.82. The average Bonchev–Trinajstić information content (AvgIpc) is 2.61. The lowest BCUT2D eigenvalue weighted by Gasteiger charge is -2.16. The van der Waals surface area contributed by atoms with E-state index in [0.717, 1.165) is 0 Å². The highest BCUT2D eigenvalue weighted by atomic mass is 32.1. The van der Waals surface area contributed by atoms with Gasteiger partial charge in [-0.05, 0) is 28.8 Å². The summed E-state index contributed by atoms with van der Waals surface area (Å²) in [5, 5.41) is 24.8. The third-order valence-corrected chi connectivity index (χ3v) is 3.02. The minimum absolute atomic E-state index is 0.143. The second-order valence-corrected chi connectivity index (χ2v) is 4.42. The Morgan fingerprint density at radius 1 is 1.38 bits per heavy atom. The number of rotatable bonds is 2. The summed E-state index contributed by atoms with van der Waals surface area (Å²) in [7, 11) is 3.51. The highest BCUT2D eigenvalue weighted by molar-refractivity contribution is 7.08. The predicted molar refractivity (Wildman–Crippen MR) is 68.2 cm³/mol. The van der Waals surface area contributed by atoms with Gasteiger partial charge in [-0.2, -0.15) is 11.3 Å². The van der Waals surface area contributed by atoms with Crippen molar-refractivity contribution in [3.63, 3.8) is 0 Å². The third kappa shape index (κ3) is 3.54. The Kier molecular flexibility index (Phi) is 4.30. The van der Waals surface area contributed by atoms with Gasteiger partial charge in [0.15, 0.2) is 11.9 Å². The van der Waals surface area contributed by atoms with Crippen LogP contribution in [0.3, 0.4) is 0 Å². The Labute approximate surface area is 99.5 Å². The average molecular weight is 239 g/mol. The molecule has 1 heterocycles. The maximum Gasteiger partial charge on any atom is 0.197 e. The van der Waals surface area contributed by atoms with Crippen LogP contribution in [-0.4, -0.2) is 30.9 Å². The molecule has 1 aromatic rings. The summed E-state index contributed by atoms with van der Waals surface area (Å²) in [5.41, 5.74) is 2.42. The normalized spacial score (nSPS) is 9.69. The molecule has 0 aliphatic heterocycles. The fourth-order valence-corrected chi connectivity index (χ4v) is 1.88. The van der Waals surface area contributed by atoms with Crippen LogP contribution in [0.4, 0.5) is 0 Å². The van der Waals surface area contributed by atoms with E-state index < -0.39 is 0 Å². The second kappa shape index (κ2) is 5.50. The molecule has 0 unspecified atom stereocenters. The maximum absolute atomic E-state index is 7.60. The zero-order chi connectivity index (χ0) is 12.1. The second-order valence-electron chi connectivity index (χ2n) is 3.68. The summed E-state index contributed by atoms with van der Waals surface area (Å²) in [6, 6.07) is 0. The van der Waals surface area contributed by atoms with Crippen molar-refractivity contribution in [2.45, 2.75) is 13.5 Å². The van der Waals surface area contributed by atoms with Crippen molar-refractivity contribution < 1.29 is 0 Å². The molecule has 0 amide bonds. The van der Waals surface area contributed by atoms with E-state index in [1.165, 1.54) is 11.1 Å². The number of hydrogen-bond donors (Lipinski definition) is 4. The van der Waals surface area contributed by atoms with E-state index in [2.05, 4.69) is 21.4 Å². The Morgan fingerprint density at radius 2 is 2.06 bits per heavy atom. The summed E-state index contributed by atoms with van der Waals surface area (Å²) >= 11 is 1.66. The molecule has 88 valence electrons. The van der Waals surface area contributed by atoms with Gasteiger partial charge in [-0.25, -0.2) is 0 Å². The van der Waals surface area contributed by atoms with Crippen molar-refractivity contribution in [3.8, 4) is 0 Å². The fraction of sp³-hybridized carbons (Fsp3) is 0.400. The number of nitrogens with one attached hydrogen (secondary N) is 4. The Bertz CT molecular complexity index is 382. The number of guanidine groups is 2. The van der Waals surface area contributed by atoms with E-state index in [0.29, 0.717) is 6.54 Å². The highest BCUT2D eigenvalue weighted by Gasteiger charge is 2.03. The fourth-order valence-electron chi connectivity index (χ4n) is 1.03. The van der Waals surface area contributed by atoms with Crippen LogP contribution < -0.4 is 10.6 Å². The largest absolute Gasteiger partial charge is 0.352 e. The van der Waals surface area contributed by atoms with Gasteiger partial charge >= 0.3 is 0 Å². The van der Waals surface area contributed by atoms with E-state index in [-0.39, 0.29) is 11.9 Å². The van der Waals surface area contributed by atoms with Gasteiger partial charge in [0.05, 0.1) is 0 Å². The summed E-state index contributed by atoms with van der Waals surface area (Å²) in [5.74, 6) is 0.337. The van der Waals surface area contributed by atoms with Crippen LogP contribution in [-0.2, 0) is 6.54 Å². The number of aryl methyl sites for hydroxylation is 1. The first kappa shape index (κ1) is 12.5. The smallest absolute Gasteiger partial charge is 0.197 e. The molecule has 0 saturated carbocycles. The van der Waals surface area contributed by atoms with Crippen molar-refractivity contribution >= 4 is 23.3 Å². The summed E-state index contributed by atoms with van der Waals surface area (Å²) in [6.07, 6.45) is 0. The van der Waals surface area contributed by atoms with E-state index >= 15 is 0 Å². The van der Waals surface area contributed by atoms with Gasteiger partial charge in [0.2, 0.25) is 0 Å². The van der Waals surface area contributed by atoms with Crippen molar-refractivity contribution in [2.24, 2.45) is 0 Å². The van der Waals surface area contributed by atoms with E-state index in [1.807, 2.05) is 6.92 Å². The molecule has 0 radical (unpaired) electrons. The van der Waals surface area contributed by atoms with Crippen LogP contribution in [0, 0.1) is 17.7 Å². The Morgan fingerprint density at radius 3 is 2.56 bits per heavy atom. The molecule has 0 aromatic carbocycles. The Balaban J connectivity index is 2.36. The van der Waals surface area contributed by atoms with Crippen molar-refractivity contribution in [1.82, 2.24) is 15.5 Å². The van der Waals surface area contributed by atoms with Gasteiger partial charge in [0, 0.05) is 20.6 Å². The van der Waals surface area contributed by atoms with Gasteiger partial charge in [-0.3, -0.25) is 16.1 Å². The monoisotopic (exact) mass is 239 g/mol. The topological polar surface area (TPSA) is 75.0 Å². The molecule has 0 saturated heterocycles. The van der Waals surface area contributed by atoms with Crippen LogP contribution in [0.1, 0.15) is 11.1 Å². The van der Waals surface area contributed by atoms with Gasteiger partial charge in [0.25, 0.3) is 0 Å². The zero-order valence-corrected chi connectivity index (χ0v) is 10.5. The molecule has 0 fully saturated rings. The van der Waals surface area contributed by atoms with E-state index in [4.69, 9.17) is 10.8 Å². The summed E-state index contributed by atoms with van der Waals surface area (Å²) < 4.78 is 0. The molecule has 1 rings (SSSR count). The third-order valence-electron chi connectivity index (χ3n) is 2.11. The number of hydrogen-bond acceptors (Lipinski definition) is 3. The molecule has 0 aliphatic rings. The Hall–Kier alpha value is -1.56. The first-order valence-electron chi connectivity index (χ1n) is 4.87. The lowest BCUT2D eigenvalue weighted by Crippen LogP contribution is -2.45. The quantitative estimate of drug-likeness (QED) is 0.462. The molecule has 6 heteroatoms. The molecule has 4 N–H and O–H groups in total. The van der Waals surface area contributed by atoms with Crippen molar-refractivity contribution in [3.05, 3.63) is 21.9 Å². The molecule has 0 bridgehead atoms. The van der Waals surface area contributed by atoms with Crippen LogP contribution in [0.2, 0.25) is 0 Å². The standard InChI is InChI=1S/C10H17N5S/c1-7-5-16-6-8(7)4-13-9(11)14-10(12)15(2)3/h5-6H,4H2,1-3H3,(H4,11,12,13,14). The molecule has 0 spiro atoms. The molecule has 0 atom stereocenters. The summed E-state index contributed by atoms with van der Waals surface area (Å²) in [6.45, 7) is 2.66. The SMILES string of the molecule is Cc1cscc1CNC(=N)NC(=N)N(C)C. The molecular formula is C10H17N5S. The number of nitrogens with zero attached hydrogens (tertiary/aromatic N) is 1. The van der Waals surface area contributed by atoms with Crippen LogP contribution in [0.5, 0.6) is 0 Å². The minimum atomic E-state index is 0.143. The van der Waals surface area contributed by atoms with E-state index in [1.54, 1.807) is 30.3 Å². The van der Waals surface area contributed by atoms with Crippen LogP contribution in [0.15, 0.2) is 10.8 Å². The van der Waals surface area contributed by atoms with Gasteiger partial charge in [-0.15, -0.1) is 0 Å². The van der Waals surface area contributed by atoms with Crippen LogP contribution >= 0.6 is 11.3 Å². The van der Waals surface area contributed by atoms with Crippen LogP contribution in [0.25, 0.3) is 0 Å². The first-order chi connectivity index (χ1) is 7.50. The molecular weight excluding hydrogens is 222 g/mol. The van der Waals surface area contributed by atoms with Gasteiger partial charge in [-0.1, -0.05) is 0 Å². The van der Waals surface area contributed by atoms with Crippen molar-refractivity contribution in [2.75, 3.05) is 14.1 Å². The molecule has 5 nitrogen and oxygen atoms in total. The maximum atomic E-state index is 7.60. The molecule has 1 aromatic heterocycles. The summed E-state index contributed by atoms with van der Waals surface area (Å²) in [4.78, 5) is 1.60. The molecule has 0 aliphatic carbocycles.